The zero-order chi connectivity index (χ0) is 36.4. The Kier molecular flexibility index (Phi) is 40.9. The van der Waals surface area contributed by atoms with Gasteiger partial charge in [-0.3, -0.25) is 9.59 Å². The molecule has 0 bridgehead atoms. The highest BCUT2D eigenvalue weighted by molar-refractivity contribution is 5.70. The third-order valence-corrected chi connectivity index (χ3v) is 10.1. The first-order valence-corrected chi connectivity index (χ1v) is 22.2. The predicted octanol–water partition coefficient (Wildman–Crippen LogP) is 14.1. The smallest absolute Gasteiger partial charge is 0.306 e. The van der Waals surface area contributed by atoms with Gasteiger partial charge in [0.05, 0.1) is 6.61 Å². The summed E-state index contributed by atoms with van der Waals surface area (Å²) in [5.74, 6) is -0.581. The minimum atomic E-state index is -0.767. The van der Waals surface area contributed by atoms with E-state index in [1.807, 2.05) is 0 Å². The predicted molar refractivity (Wildman–Crippen MR) is 215 cm³/mol. The van der Waals surface area contributed by atoms with Crippen LogP contribution in [0.3, 0.4) is 0 Å². The number of aliphatic hydroxyl groups is 1. The molecule has 0 fully saturated rings. The number of hydrogen-bond donors (Lipinski definition) is 1. The van der Waals surface area contributed by atoms with E-state index in [4.69, 9.17) is 9.47 Å². The van der Waals surface area contributed by atoms with E-state index in [0.29, 0.717) is 12.8 Å². The third-order valence-electron chi connectivity index (χ3n) is 10.1. The zero-order valence-electron chi connectivity index (χ0n) is 33.7. The van der Waals surface area contributed by atoms with Gasteiger partial charge < -0.3 is 14.6 Å². The van der Waals surface area contributed by atoms with Crippen molar-refractivity contribution in [3.8, 4) is 0 Å². The normalized spacial score (nSPS) is 12.1. The average Bonchev–Trinajstić information content (AvgIpc) is 3.12. The van der Waals surface area contributed by atoms with Crippen LogP contribution in [0.4, 0.5) is 0 Å². The highest BCUT2D eigenvalue weighted by Gasteiger charge is 2.16. The van der Waals surface area contributed by atoms with Gasteiger partial charge in [-0.25, -0.2) is 0 Å². The van der Waals surface area contributed by atoms with Crippen molar-refractivity contribution in [1.29, 1.82) is 0 Å². The Hall–Kier alpha value is -1.36. The van der Waals surface area contributed by atoms with Crippen molar-refractivity contribution in [3.05, 3.63) is 12.2 Å². The Morgan fingerprint density at radius 3 is 1.08 bits per heavy atom. The van der Waals surface area contributed by atoms with Crippen molar-refractivity contribution in [3.63, 3.8) is 0 Å². The lowest BCUT2D eigenvalue weighted by Crippen LogP contribution is -2.28. The second-order valence-corrected chi connectivity index (χ2v) is 15.1. The lowest BCUT2D eigenvalue weighted by molar-refractivity contribution is -0.161. The Balaban J connectivity index is 3.48. The number of carbonyl (C=O) groups excluding carboxylic acids is 2. The van der Waals surface area contributed by atoms with Gasteiger partial charge in [0, 0.05) is 12.8 Å². The summed E-state index contributed by atoms with van der Waals surface area (Å²) in [6, 6.07) is 0. The molecular formula is C45H86O5. The van der Waals surface area contributed by atoms with Gasteiger partial charge in [0.25, 0.3) is 0 Å². The summed E-state index contributed by atoms with van der Waals surface area (Å²) in [4.78, 5) is 24.3. The van der Waals surface area contributed by atoms with E-state index in [9.17, 15) is 14.7 Å². The Bertz CT molecular complexity index is 720. The van der Waals surface area contributed by atoms with Crippen LogP contribution in [0.2, 0.25) is 0 Å². The molecule has 296 valence electrons. The Morgan fingerprint density at radius 1 is 0.440 bits per heavy atom. The lowest BCUT2D eigenvalue weighted by Gasteiger charge is -2.15. The molecule has 5 nitrogen and oxygen atoms in total. The molecule has 50 heavy (non-hydrogen) atoms. The summed E-state index contributed by atoms with van der Waals surface area (Å²) in [6.07, 6.45) is 48.5. The van der Waals surface area contributed by atoms with Gasteiger partial charge >= 0.3 is 11.9 Å². The van der Waals surface area contributed by atoms with Crippen LogP contribution >= 0.6 is 0 Å². The van der Waals surface area contributed by atoms with E-state index < -0.39 is 6.10 Å². The molecule has 0 aliphatic rings. The number of carbonyl (C=O) groups is 2. The number of hydrogen-bond acceptors (Lipinski definition) is 5. The maximum atomic E-state index is 12.2. The van der Waals surface area contributed by atoms with Gasteiger partial charge in [0.2, 0.25) is 0 Å². The topological polar surface area (TPSA) is 72.8 Å². The summed E-state index contributed by atoms with van der Waals surface area (Å²) < 4.78 is 10.6. The van der Waals surface area contributed by atoms with E-state index in [1.165, 1.54) is 180 Å². The van der Waals surface area contributed by atoms with Crippen molar-refractivity contribution in [2.45, 2.75) is 251 Å². The number of ether oxygens (including phenoxy) is 2. The van der Waals surface area contributed by atoms with Crippen molar-refractivity contribution >= 4 is 11.9 Å². The van der Waals surface area contributed by atoms with Crippen LogP contribution in [-0.2, 0) is 19.1 Å². The molecule has 1 atom stereocenters. The van der Waals surface area contributed by atoms with Crippen molar-refractivity contribution in [2.75, 3.05) is 13.2 Å². The number of unbranched alkanes of at least 4 members (excludes halogenated alkanes) is 31. The molecule has 0 unspecified atom stereocenters. The summed E-state index contributed by atoms with van der Waals surface area (Å²) in [6.45, 7) is 4.16. The summed E-state index contributed by atoms with van der Waals surface area (Å²) in [7, 11) is 0. The van der Waals surface area contributed by atoms with Crippen LogP contribution in [0.15, 0.2) is 12.2 Å². The van der Waals surface area contributed by atoms with E-state index >= 15 is 0 Å². The Morgan fingerprint density at radius 2 is 0.740 bits per heavy atom. The minimum Gasteiger partial charge on any atom is -0.462 e. The number of allylic oxidation sites excluding steroid dienone is 2. The van der Waals surface area contributed by atoms with E-state index in [0.717, 1.165) is 38.5 Å². The molecule has 0 amide bonds. The van der Waals surface area contributed by atoms with Crippen LogP contribution in [0.1, 0.15) is 245 Å². The standard InChI is InChI=1S/C45H86O5/c1-3-5-7-9-11-13-15-17-19-21-22-24-26-28-30-32-34-36-38-40-45(48)50-43(41-46)42-49-44(47)39-37-35-33-31-29-27-25-23-20-18-16-14-12-10-8-6-4-2/h18,20,43,46H,3-17,19,21-42H2,1-2H3/b20-18+/t43-/m0/s1. The summed E-state index contributed by atoms with van der Waals surface area (Å²) >= 11 is 0. The van der Waals surface area contributed by atoms with Gasteiger partial charge in [-0.15, -0.1) is 0 Å². The fourth-order valence-electron chi connectivity index (χ4n) is 6.67. The van der Waals surface area contributed by atoms with E-state index in [1.54, 1.807) is 0 Å². The maximum absolute atomic E-state index is 12.2. The van der Waals surface area contributed by atoms with Crippen LogP contribution in [0.25, 0.3) is 0 Å². The highest BCUT2D eigenvalue weighted by atomic mass is 16.6. The highest BCUT2D eigenvalue weighted by Crippen LogP contribution is 2.16. The molecule has 0 saturated carbocycles. The average molecular weight is 707 g/mol. The number of esters is 2. The largest absolute Gasteiger partial charge is 0.462 e. The molecule has 0 aromatic carbocycles. The molecule has 0 aliphatic carbocycles. The van der Waals surface area contributed by atoms with Crippen molar-refractivity contribution in [2.24, 2.45) is 0 Å². The molecule has 0 aliphatic heterocycles. The van der Waals surface area contributed by atoms with Gasteiger partial charge in [-0.2, -0.15) is 0 Å². The van der Waals surface area contributed by atoms with E-state index in [-0.39, 0.29) is 25.2 Å². The number of aliphatic hydroxyl groups excluding tert-OH is 1. The third kappa shape index (κ3) is 39.4. The molecule has 0 aromatic heterocycles. The molecule has 0 saturated heterocycles. The number of rotatable bonds is 41. The second-order valence-electron chi connectivity index (χ2n) is 15.1. The first-order chi connectivity index (χ1) is 24.6. The van der Waals surface area contributed by atoms with Crippen molar-refractivity contribution in [1.82, 2.24) is 0 Å². The van der Waals surface area contributed by atoms with Crippen LogP contribution in [0, 0.1) is 0 Å². The van der Waals surface area contributed by atoms with Crippen molar-refractivity contribution < 1.29 is 24.2 Å². The monoisotopic (exact) mass is 707 g/mol. The summed E-state index contributed by atoms with van der Waals surface area (Å²) in [5, 5.41) is 9.58. The van der Waals surface area contributed by atoms with Gasteiger partial charge in [0.15, 0.2) is 6.10 Å². The molecule has 1 N–H and O–H groups in total. The van der Waals surface area contributed by atoms with Gasteiger partial charge in [-0.1, -0.05) is 206 Å². The SMILES string of the molecule is CCCCCCCC/C=C/CCCCCCCCCC(=O)OC[C@H](CO)OC(=O)CCCCCCCCCCCCCCCCCCCCC. The first-order valence-electron chi connectivity index (χ1n) is 22.2. The first kappa shape index (κ1) is 48.6. The molecule has 5 heteroatoms. The zero-order valence-corrected chi connectivity index (χ0v) is 33.7. The van der Waals surface area contributed by atoms with E-state index in [2.05, 4.69) is 26.0 Å². The van der Waals surface area contributed by atoms with Crippen LogP contribution in [0.5, 0.6) is 0 Å². The van der Waals surface area contributed by atoms with Gasteiger partial charge in [-0.05, 0) is 38.5 Å². The maximum Gasteiger partial charge on any atom is 0.306 e. The van der Waals surface area contributed by atoms with Crippen LogP contribution < -0.4 is 0 Å². The molecule has 0 aromatic rings. The molecule has 0 rings (SSSR count). The molecular weight excluding hydrogens is 620 g/mol. The molecule has 0 heterocycles. The van der Waals surface area contributed by atoms with Gasteiger partial charge in [0.1, 0.15) is 6.61 Å². The summed E-state index contributed by atoms with van der Waals surface area (Å²) in [5.41, 5.74) is 0. The molecule has 0 radical (unpaired) electrons. The fourth-order valence-corrected chi connectivity index (χ4v) is 6.67. The molecule has 0 spiro atoms. The van der Waals surface area contributed by atoms with Crippen LogP contribution in [-0.4, -0.2) is 36.4 Å². The second kappa shape index (κ2) is 42.1. The quantitative estimate of drug-likeness (QED) is 0.0389. The Labute approximate surface area is 311 Å². The fraction of sp³-hybridized carbons (Fsp3) is 0.911. The lowest BCUT2D eigenvalue weighted by atomic mass is 10.0. The minimum absolute atomic E-state index is 0.0618.